The van der Waals surface area contributed by atoms with Gasteiger partial charge in [0.05, 0.1) is 42.3 Å². The third-order valence-corrected chi connectivity index (χ3v) is 6.87. The third-order valence-electron chi connectivity index (χ3n) is 6.55. The SMILES string of the molecule is COC(=O)c1c(CCCO)c2ccc(Cl)c(-c3c(COC4CCCCO4)nn(C)c3CO)c2n1C. The lowest BCUT2D eigenvalue weighted by atomic mass is 9.98. The number of hydrogen-bond donors (Lipinski definition) is 2. The zero-order valence-electron chi connectivity index (χ0n) is 20.3. The maximum absolute atomic E-state index is 12.8. The Morgan fingerprint density at radius 3 is 2.71 bits per heavy atom. The van der Waals surface area contributed by atoms with Gasteiger partial charge in [0, 0.05) is 43.8 Å². The van der Waals surface area contributed by atoms with Gasteiger partial charge >= 0.3 is 5.97 Å². The number of aliphatic hydroxyl groups excluding tert-OH is 2. The zero-order valence-corrected chi connectivity index (χ0v) is 21.1. The van der Waals surface area contributed by atoms with Crippen molar-refractivity contribution in [2.45, 2.75) is 51.6 Å². The molecule has 0 spiro atoms. The molecule has 0 amide bonds. The molecule has 10 heteroatoms. The number of halogens is 1. The Labute approximate surface area is 209 Å². The van der Waals surface area contributed by atoms with Gasteiger partial charge in [-0.15, -0.1) is 0 Å². The summed E-state index contributed by atoms with van der Waals surface area (Å²) in [5, 5.41) is 25.6. The van der Waals surface area contributed by atoms with Gasteiger partial charge in [0.2, 0.25) is 0 Å². The highest BCUT2D eigenvalue weighted by Crippen LogP contribution is 2.42. The van der Waals surface area contributed by atoms with Crippen LogP contribution in [0.25, 0.3) is 22.0 Å². The Morgan fingerprint density at radius 1 is 1.26 bits per heavy atom. The summed E-state index contributed by atoms with van der Waals surface area (Å²) in [6.07, 6.45) is 3.58. The van der Waals surface area contributed by atoms with Crippen LogP contribution in [0.5, 0.6) is 0 Å². The van der Waals surface area contributed by atoms with Crippen molar-refractivity contribution in [1.29, 1.82) is 0 Å². The second-order valence-corrected chi connectivity index (χ2v) is 9.09. The number of rotatable bonds is 9. The molecule has 1 fully saturated rings. The van der Waals surface area contributed by atoms with Gasteiger partial charge in [-0.3, -0.25) is 4.68 Å². The van der Waals surface area contributed by atoms with Gasteiger partial charge in [-0.2, -0.15) is 5.10 Å². The summed E-state index contributed by atoms with van der Waals surface area (Å²) >= 11 is 6.79. The molecule has 0 aliphatic carbocycles. The van der Waals surface area contributed by atoms with E-state index in [1.54, 1.807) is 29.4 Å². The average molecular weight is 506 g/mol. The van der Waals surface area contributed by atoms with Gasteiger partial charge in [0.25, 0.3) is 0 Å². The average Bonchev–Trinajstić information content (AvgIpc) is 3.34. The standard InChI is InChI=1S/C25H32ClN3O6/c1-28-23-16(15(7-6-11-30)24(28)25(32)33-3)9-10-17(26)21(23)22-18(27-29(2)19(22)13-31)14-35-20-8-4-5-12-34-20/h9-10,20,30-31H,4-8,11-14H2,1-3H3. The number of carbonyl (C=O) groups is 1. The first kappa shape index (κ1) is 25.7. The van der Waals surface area contributed by atoms with Gasteiger partial charge < -0.3 is 29.0 Å². The number of aliphatic hydroxyl groups is 2. The van der Waals surface area contributed by atoms with Crippen molar-refractivity contribution < 1.29 is 29.2 Å². The number of ether oxygens (including phenoxy) is 3. The van der Waals surface area contributed by atoms with E-state index in [1.165, 1.54) is 7.11 Å². The molecule has 190 valence electrons. The maximum Gasteiger partial charge on any atom is 0.354 e. The van der Waals surface area contributed by atoms with E-state index in [4.69, 9.17) is 25.8 Å². The normalized spacial score (nSPS) is 16.2. The van der Waals surface area contributed by atoms with Crippen LogP contribution >= 0.6 is 11.6 Å². The van der Waals surface area contributed by atoms with Gasteiger partial charge in [-0.1, -0.05) is 17.7 Å². The molecule has 1 atom stereocenters. The molecule has 0 bridgehead atoms. The van der Waals surface area contributed by atoms with Crippen molar-refractivity contribution in [2.75, 3.05) is 20.3 Å². The van der Waals surface area contributed by atoms with E-state index >= 15 is 0 Å². The van der Waals surface area contributed by atoms with Crippen LogP contribution in [-0.4, -0.2) is 57.1 Å². The molecule has 0 radical (unpaired) electrons. The molecule has 3 aromatic rings. The van der Waals surface area contributed by atoms with Gasteiger partial charge in [-0.05, 0) is 43.7 Å². The smallest absolute Gasteiger partial charge is 0.354 e. The molecule has 1 unspecified atom stereocenters. The largest absolute Gasteiger partial charge is 0.464 e. The molecule has 4 rings (SSSR count). The number of methoxy groups -OCH3 is 1. The van der Waals surface area contributed by atoms with Crippen LogP contribution < -0.4 is 0 Å². The van der Waals surface area contributed by atoms with Crippen LogP contribution in [0.1, 0.15) is 53.1 Å². The highest BCUT2D eigenvalue weighted by Gasteiger charge is 2.28. The molecule has 1 aliphatic heterocycles. The molecule has 1 aliphatic rings. The summed E-state index contributed by atoms with van der Waals surface area (Å²) < 4.78 is 20.2. The van der Waals surface area contributed by atoms with E-state index in [9.17, 15) is 15.0 Å². The number of aryl methyl sites for hydroxylation is 3. The quantitative estimate of drug-likeness (QED) is 0.428. The lowest BCUT2D eigenvalue weighted by molar-refractivity contribution is -0.169. The Bertz CT molecular complexity index is 1210. The predicted molar refractivity (Wildman–Crippen MR) is 131 cm³/mol. The molecule has 35 heavy (non-hydrogen) atoms. The summed E-state index contributed by atoms with van der Waals surface area (Å²) in [6, 6.07) is 3.66. The summed E-state index contributed by atoms with van der Waals surface area (Å²) in [6.45, 7) is 0.603. The zero-order chi connectivity index (χ0) is 25.1. The lowest BCUT2D eigenvalue weighted by Crippen LogP contribution is -2.22. The van der Waals surface area contributed by atoms with Crippen molar-refractivity contribution in [3.8, 4) is 11.1 Å². The monoisotopic (exact) mass is 505 g/mol. The van der Waals surface area contributed by atoms with Crippen LogP contribution in [0.15, 0.2) is 12.1 Å². The Hall–Kier alpha value is -2.43. The van der Waals surface area contributed by atoms with Crippen LogP contribution in [0.2, 0.25) is 5.02 Å². The molecule has 2 N–H and O–H groups in total. The number of carbonyl (C=O) groups excluding carboxylic acids is 1. The Morgan fingerprint density at radius 2 is 2.06 bits per heavy atom. The number of fused-ring (bicyclic) bond motifs is 1. The van der Waals surface area contributed by atoms with Gasteiger partial charge in [0.15, 0.2) is 6.29 Å². The first-order valence-electron chi connectivity index (χ1n) is 11.8. The van der Waals surface area contributed by atoms with E-state index < -0.39 is 5.97 Å². The first-order valence-corrected chi connectivity index (χ1v) is 12.2. The molecule has 0 saturated carbocycles. The minimum atomic E-state index is -0.467. The Kier molecular flexibility index (Phi) is 8.13. The summed E-state index contributed by atoms with van der Waals surface area (Å²) in [5.74, 6) is -0.467. The maximum atomic E-state index is 12.8. The van der Waals surface area contributed by atoms with E-state index in [0.29, 0.717) is 52.7 Å². The molecule has 9 nitrogen and oxygen atoms in total. The van der Waals surface area contributed by atoms with Crippen LogP contribution in [0.4, 0.5) is 0 Å². The number of esters is 1. The van der Waals surface area contributed by atoms with Crippen molar-refractivity contribution in [2.24, 2.45) is 14.1 Å². The predicted octanol–water partition coefficient (Wildman–Crippen LogP) is 3.48. The second-order valence-electron chi connectivity index (χ2n) is 8.68. The minimum Gasteiger partial charge on any atom is -0.464 e. The summed E-state index contributed by atoms with van der Waals surface area (Å²) in [7, 11) is 4.90. The highest BCUT2D eigenvalue weighted by molar-refractivity contribution is 6.35. The first-order chi connectivity index (χ1) is 16.9. The summed E-state index contributed by atoms with van der Waals surface area (Å²) in [5.41, 5.74) is 4.45. The number of benzene rings is 1. The fraction of sp³-hybridized carbons (Fsp3) is 0.520. The molecule has 3 heterocycles. The highest BCUT2D eigenvalue weighted by atomic mass is 35.5. The van der Waals surface area contributed by atoms with Gasteiger partial charge in [0.1, 0.15) is 5.69 Å². The van der Waals surface area contributed by atoms with Gasteiger partial charge in [-0.25, -0.2) is 4.79 Å². The fourth-order valence-electron chi connectivity index (χ4n) is 4.91. The van der Waals surface area contributed by atoms with Crippen LogP contribution in [-0.2, 0) is 47.9 Å². The second kappa shape index (κ2) is 11.1. The molecule has 1 aromatic carbocycles. The molecule has 1 saturated heterocycles. The van der Waals surface area contributed by atoms with E-state index in [1.807, 2.05) is 6.07 Å². The third kappa shape index (κ3) is 4.83. The van der Waals surface area contributed by atoms with E-state index in [2.05, 4.69) is 5.10 Å². The van der Waals surface area contributed by atoms with Crippen LogP contribution in [0, 0.1) is 0 Å². The number of hydrogen-bond acceptors (Lipinski definition) is 7. The fourth-order valence-corrected chi connectivity index (χ4v) is 5.16. The Balaban J connectivity index is 1.91. The van der Waals surface area contributed by atoms with Crippen molar-refractivity contribution in [3.63, 3.8) is 0 Å². The van der Waals surface area contributed by atoms with E-state index in [-0.39, 0.29) is 26.1 Å². The van der Waals surface area contributed by atoms with Crippen molar-refractivity contribution >= 4 is 28.5 Å². The molecular formula is C25H32ClN3O6. The molecular weight excluding hydrogens is 474 g/mol. The number of aromatic nitrogens is 3. The topological polar surface area (TPSA) is 108 Å². The molecule has 2 aromatic heterocycles. The van der Waals surface area contributed by atoms with E-state index in [0.717, 1.165) is 35.7 Å². The minimum absolute atomic E-state index is 0.000558. The number of nitrogens with zero attached hydrogens (tertiary/aromatic N) is 3. The van der Waals surface area contributed by atoms with Crippen molar-refractivity contribution in [1.82, 2.24) is 14.3 Å². The summed E-state index contributed by atoms with van der Waals surface area (Å²) in [4.78, 5) is 12.8. The van der Waals surface area contributed by atoms with Crippen molar-refractivity contribution in [3.05, 3.63) is 39.8 Å². The lowest BCUT2D eigenvalue weighted by Gasteiger charge is -2.22. The van der Waals surface area contributed by atoms with Crippen LogP contribution in [0.3, 0.4) is 0 Å².